The number of carbonyl (C=O) groups excluding carboxylic acids is 5. The van der Waals surface area contributed by atoms with E-state index in [9.17, 15) is 92.0 Å². The summed E-state index contributed by atoms with van der Waals surface area (Å²) in [5.74, 6) is -7.81. The highest BCUT2D eigenvalue weighted by molar-refractivity contribution is 5.79. The van der Waals surface area contributed by atoms with Crippen LogP contribution >= 0.6 is 0 Å². The van der Waals surface area contributed by atoms with Gasteiger partial charge >= 0.3 is 54.6 Å². The summed E-state index contributed by atoms with van der Waals surface area (Å²) in [6.07, 6.45) is -26.6. The highest BCUT2D eigenvalue weighted by Crippen LogP contribution is 2.61. The minimum absolute atomic E-state index is 0.0184. The van der Waals surface area contributed by atoms with Gasteiger partial charge in [0.25, 0.3) is 11.2 Å². The van der Waals surface area contributed by atoms with Crippen LogP contribution in [-0.2, 0) is 57.1 Å². The number of hydrogen-bond donors (Lipinski definition) is 3. The first kappa shape index (κ1) is 71.8. The van der Waals surface area contributed by atoms with Crippen molar-refractivity contribution in [1.82, 2.24) is 0 Å². The van der Waals surface area contributed by atoms with Crippen molar-refractivity contribution in [3.8, 4) is 0 Å². The predicted octanol–water partition coefficient (Wildman–Crippen LogP) is 11.5. The third kappa shape index (κ3) is 15.4. The van der Waals surface area contributed by atoms with Crippen molar-refractivity contribution >= 4 is 29.8 Å². The van der Waals surface area contributed by atoms with E-state index in [2.05, 4.69) is 0 Å². The molecule has 0 aromatic rings. The summed E-state index contributed by atoms with van der Waals surface area (Å²) >= 11 is 0. The van der Waals surface area contributed by atoms with Crippen molar-refractivity contribution in [3.05, 3.63) is 0 Å². The van der Waals surface area contributed by atoms with E-state index in [-0.39, 0.29) is 60.8 Å². The van der Waals surface area contributed by atoms with Gasteiger partial charge in [-0.05, 0) is 158 Å². The summed E-state index contributed by atoms with van der Waals surface area (Å²) in [5.41, 5.74) is -15.2. The zero-order valence-electron chi connectivity index (χ0n) is 49.4. The zero-order chi connectivity index (χ0) is 63.9. The van der Waals surface area contributed by atoms with Crippen molar-refractivity contribution in [2.45, 2.75) is 258 Å². The maximum atomic E-state index is 13.3. The number of halogens is 12. The average molecular weight is 1230 g/mol. The van der Waals surface area contributed by atoms with Crippen LogP contribution in [0.15, 0.2) is 0 Å². The molecule has 3 saturated heterocycles. The molecule has 5 saturated carbocycles. The second-order valence-electron chi connectivity index (χ2n) is 26.2. The molecule has 0 amide bonds. The van der Waals surface area contributed by atoms with Gasteiger partial charge in [-0.15, -0.1) is 0 Å². The Morgan fingerprint density at radius 2 is 0.964 bits per heavy atom. The Balaban J connectivity index is 0.000000255. The van der Waals surface area contributed by atoms with Crippen LogP contribution < -0.4 is 0 Å². The van der Waals surface area contributed by atoms with Gasteiger partial charge in [0.2, 0.25) is 0 Å². The van der Waals surface area contributed by atoms with Crippen molar-refractivity contribution in [1.29, 1.82) is 0 Å². The van der Waals surface area contributed by atoms with E-state index in [1.165, 1.54) is 27.2 Å². The average Bonchev–Trinajstić information content (AvgIpc) is 2.51. The van der Waals surface area contributed by atoms with E-state index in [4.69, 9.17) is 33.2 Å². The molecule has 0 spiro atoms. The molecule has 83 heavy (non-hydrogen) atoms. The molecule has 9 atom stereocenters. The molecular formula is C56H84F12O15. The number of esters is 5. The second-order valence-corrected chi connectivity index (χ2v) is 26.2. The topological polar surface area (TPSA) is 211 Å². The quantitative estimate of drug-likeness (QED) is 0.0431. The van der Waals surface area contributed by atoms with Gasteiger partial charge in [0.05, 0.1) is 39.3 Å². The normalized spacial score (nSPS) is 30.6. The Morgan fingerprint density at radius 1 is 0.554 bits per heavy atom. The van der Waals surface area contributed by atoms with E-state index in [0.717, 1.165) is 38.5 Å². The first-order valence-corrected chi connectivity index (χ1v) is 28.2. The minimum Gasteiger partial charge on any atom is -0.462 e. The van der Waals surface area contributed by atoms with E-state index < -0.39 is 119 Å². The largest absolute Gasteiger partial charge is 0.462 e. The van der Waals surface area contributed by atoms with Gasteiger partial charge in [-0.1, -0.05) is 27.7 Å². The summed E-state index contributed by atoms with van der Waals surface area (Å²) in [7, 11) is 0. The molecular weight excluding hydrogens is 1140 g/mol. The van der Waals surface area contributed by atoms with Gasteiger partial charge in [-0.2, -0.15) is 52.7 Å². The molecule has 482 valence electrons. The molecule has 0 aromatic heterocycles. The van der Waals surface area contributed by atoms with Crippen LogP contribution in [0.1, 0.15) is 180 Å². The SMILES string of the molecule is CCC(C)(C)C(=O)OC12CC3CC(CC(O)(C3)C1)C2.CCC(C)(C)C(=O)OC1C2CC3C(=O)OC1C3O2.CCC(C)(C)C(=O)OC1CC(C(O)(C(F)(F)F)C(F)(F)F)CC(C(O)(C(F)(F)F)C(F)(F)F)C1.CCOCOC(=O)C(C)(C)CC. The Bertz CT molecular complexity index is 2190. The maximum absolute atomic E-state index is 13.3. The summed E-state index contributed by atoms with van der Waals surface area (Å²) in [5, 5.41) is 29.9. The van der Waals surface area contributed by atoms with Crippen LogP contribution in [0.4, 0.5) is 52.7 Å². The maximum Gasteiger partial charge on any atom is 0.426 e. The lowest BCUT2D eigenvalue weighted by atomic mass is 9.52. The molecule has 9 unspecified atom stereocenters. The molecule has 5 aliphatic carbocycles. The lowest BCUT2D eigenvalue weighted by Gasteiger charge is -2.59. The number of fused-ring (bicyclic) bond motifs is 1. The van der Waals surface area contributed by atoms with Crippen LogP contribution in [0.2, 0.25) is 0 Å². The van der Waals surface area contributed by atoms with Crippen LogP contribution in [0.25, 0.3) is 0 Å². The zero-order valence-corrected chi connectivity index (χ0v) is 49.4. The molecule has 8 rings (SSSR count). The van der Waals surface area contributed by atoms with Gasteiger partial charge in [0, 0.05) is 24.9 Å². The Labute approximate surface area is 476 Å². The lowest BCUT2D eigenvalue weighted by molar-refractivity contribution is -0.405. The second kappa shape index (κ2) is 25.2. The lowest BCUT2D eigenvalue weighted by Crippen LogP contribution is -2.67. The monoisotopic (exact) mass is 1220 g/mol. The fourth-order valence-electron chi connectivity index (χ4n) is 11.8. The third-order valence-electron chi connectivity index (χ3n) is 18.4. The smallest absolute Gasteiger partial charge is 0.426 e. The van der Waals surface area contributed by atoms with E-state index in [0.29, 0.717) is 37.7 Å². The molecule has 8 aliphatic rings. The van der Waals surface area contributed by atoms with Gasteiger partial charge in [-0.25, -0.2) is 0 Å². The van der Waals surface area contributed by atoms with Crippen molar-refractivity contribution in [2.24, 2.45) is 51.2 Å². The molecule has 15 nitrogen and oxygen atoms in total. The summed E-state index contributed by atoms with van der Waals surface area (Å²) < 4.78 is 197. The Morgan fingerprint density at radius 3 is 1.36 bits per heavy atom. The summed E-state index contributed by atoms with van der Waals surface area (Å²) in [6.45, 7) is 23.6. The number of aliphatic hydroxyl groups is 3. The van der Waals surface area contributed by atoms with Crippen LogP contribution in [0.5, 0.6) is 0 Å². The van der Waals surface area contributed by atoms with Crippen LogP contribution in [0.3, 0.4) is 0 Å². The number of rotatable bonds is 16. The van der Waals surface area contributed by atoms with Gasteiger partial charge in [-0.3, -0.25) is 24.0 Å². The molecule has 0 radical (unpaired) electrons. The van der Waals surface area contributed by atoms with Crippen molar-refractivity contribution in [3.63, 3.8) is 0 Å². The van der Waals surface area contributed by atoms with E-state index in [1.54, 1.807) is 0 Å². The van der Waals surface area contributed by atoms with Crippen LogP contribution in [0, 0.1) is 51.2 Å². The molecule has 3 heterocycles. The van der Waals surface area contributed by atoms with Crippen molar-refractivity contribution in [2.75, 3.05) is 13.4 Å². The number of ether oxygens (including phenoxy) is 7. The molecule has 6 bridgehead atoms. The van der Waals surface area contributed by atoms with E-state index >= 15 is 0 Å². The summed E-state index contributed by atoms with van der Waals surface area (Å²) in [6, 6.07) is 0. The van der Waals surface area contributed by atoms with Gasteiger partial charge in [0.15, 0.2) is 19.0 Å². The highest BCUT2D eigenvalue weighted by Gasteiger charge is 2.79. The van der Waals surface area contributed by atoms with E-state index in [1.807, 2.05) is 69.2 Å². The Kier molecular flexibility index (Phi) is 21.8. The first-order valence-electron chi connectivity index (χ1n) is 28.2. The minimum atomic E-state index is -6.58. The molecule has 0 aromatic carbocycles. The molecule has 8 fully saturated rings. The molecule has 3 aliphatic heterocycles. The fraction of sp³-hybridized carbons (Fsp3) is 0.911. The van der Waals surface area contributed by atoms with Gasteiger partial charge in [0.1, 0.15) is 17.8 Å². The van der Waals surface area contributed by atoms with Crippen molar-refractivity contribution < 1.29 is 125 Å². The highest BCUT2D eigenvalue weighted by atomic mass is 19.4. The number of hydrogen-bond acceptors (Lipinski definition) is 15. The number of carbonyl (C=O) groups is 5. The molecule has 3 N–H and O–H groups in total. The standard InChI is InChI=1S/C18H22F12O4.C16H26O3.C13H18O5.C9H18O3/c1-4-12(2,3)11(31)34-10-6-8(13(32,15(19,20)21)16(22,23)24)5-9(7-10)14(33,17(25,26)27)18(28,29)30;1-4-14(2,3)13(17)19-16-8-11-5-12(9-16)7-15(18,6-11)10-16;1-4-13(2,3)12(15)18-9-7-5-6-8(16-7)10(9)17-11(6)14;1-5-9(3,4)8(10)12-7-11-6-2/h8-10,32-33H,4-7H2,1-3H3;11-12,18H,4-10H2,1-3H3;6-10H,4-5H2,1-3H3;5-7H2,1-4H3. The fourth-order valence-corrected chi connectivity index (χ4v) is 11.8. The Hall–Kier alpha value is -3.69. The number of alkyl halides is 12. The summed E-state index contributed by atoms with van der Waals surface area (Å²) in [4.78, 5) is 59.5. The first-order chi connectivity index (χ1) is 37.5. The third-order valence-corrected chi connectivity index (χ3v) is 18.4. The predicted molar refractivity (Wildman–Crippen MR) is 269 cm³/mol. The van der Waals surface area contributed by atoms with Crippen LogP contribution in [-0.4, -0.2) is 136 Å². The van der Waals surface area contributed by atoms with Gasteiger partial charge < -0.3 is 48.5 Å². The molecule has 27 heteroatoms.